The molecule has 1 atom stereocenters. The molecule has 0 bridgehead atoms. The van der Waals surface area contributed by atoms with Crippen LogP contribution in [0.5, 0.6) is 0 Å². The van der Waals surface area contributed by atoms with E-state index >= 15 is 0 Å². The van der Waals surface area contributed by atoms with Crippen LogP contribution in [0.1, 0.15) is 12.5 Å². The van der Waals surface area contributed by atoms with E-state index in [0.717, 1.165) is 12.5 Å². The maximum Gasteiger partial charge on any atom is 0.408 e. The van der Waals surface area contributed by atoms with E-state index in [1.165, 1.54) is 0 Å². The van der Waals surface area contributed by atoms with Gasteiger partial charge in [-0.3, -0.25) is 5.32 Å². The Bertz CT molecular complexity index is 445. The smallest absolute Gasteiger partial charge is 0.408 e. The van der Waals surface area contributed by atoms with Crippen LogP contribution in [0.4, 0.5) is 4.79 Å². The molecule has 0 aliphatic heterocycles. The van der Waals surface area contributed by atoms with Crippen LogP contribution in [0.3, 0.4) is 0 Å². The standard InChI is InChI=1S/C12H13NO5/c1-12(8-14,10(15)16)13-11(17)18-7-9-5-3-2-4-6-9/h2-6,8H,7H2,1H3,(H,13,17)(H,15,16). The van der Waals surface area contributed by atoms with Crippen LogP contribution in [0.2, 0.25) is 0 Å². The van der Waals surface area contributed by atoms with Gasteiger partial charge in [-0.2, -0.15) is 0 Å². The van der Waals surface area contributed by atoms with Crippen LogP contribution >= 0.6 is 0 Å². The number of carbonyl (C=O) groups excluding carboxylic acids is 2. The molecule has 1 aromatic carbocycles. The van der Waals surface area contributed by atoms with Gasteiger partial charge in [0.25, 0.3) is 0 Å². The van der Waals surface area contributed by atoms with Gasteiger partial charge in [0, 0.05) is 0 Å². The summed E-state index contributed by atoms with van der Waals surface area (Å²) in [6.45, 7) is 1.08. The van der Waals surface area contributed by atoms with Gasteiger partial charge in [-0.05, 0) is 12.5 Å². The second kappa shape index (κ2) is 5.81. The molecule has 18 heavy (non-hydrogen) atoms. The van der Waals surface area contributed by atoms with Gasteiger partial charge >= 0.3 is 12.1 Å². The van der Waals surface area contributed by atoms with Gasteiger partial charge < -0.3 is 14.6 Å². The molecule has 1 rings (SSSR count). The lowest BCUT2D eigenvalue weighted by atomic mass is 10.1. The number of carbonyl (C=O) groups is 3. The summed E-state index contributed by atoms with van der Waals surface area (Å²) in [5.74, 6) is -1.45. The zero-order chi connectivity index (χ0) is 13.6. The number of carboxylic acids is 1. The Morgan fingerprint density at radius 1 is 1.39 bits per heavy atom. The van der Waals surface area contributed by atoms with Gasteiger partial charge in [0.05, 0.1) is 0 Å². The number of rotatable bonds is 5. The number of benzene rings is 1. The predicted octanol–water partition coefficient (Wildman–Crippen LogP) is 0.955. The largest absolute Gasteiger partial charge is 0.479 e. The monoisotopic (exact) mass is 251 g/mol. The highest BCUT2D eigenvalue weighted by atomic mass is 16.5. The third-order valence-corrected chi connectivity index (χ3v) is 2.25. The van der Waals surface area contributed by atoms with Crippen molar-refractivity contribution < 1.29 is 24.2 Å². The van der Waals surface area contributed by atoms with E-state index in [1.807, 2.05) is 11.4 Å². The Balaban J connectivity index is 2.52. The summed E-state index contributed by atoms with van der Waals surface area (Å²) in [5.41, 5.74) is -1.22. The highest BCUT2D eigenvalue weighted by molar-refractivity contribution is 5.99. The van der Waals surface area contributed by atoms with Gasteiger partial charge in [0.1, 0.15) is 6.61 Å². The number of nitrogens with one attached hydrogen (secondary N) is 1. The molecule has 1 aromatic rings. The van der Waals surface area contributed by atoms with Crippen LogP contribution in [-0.2, 0) is 20.9 Å². The number of hydrogen-bond donors (Lipinski definition) is 2. The molecule has 0 aliphatic rings. The third-order valence-electron chi connectivity index (χ3n) is 2.25. The van der Waals surface area contributed by atoms with Crippen LogP contribution in [0.15, 0.2) is 30.3 Å². The zero-order valence-electron chi connectivity index (χ0n) is 9.75. The second-order valence-electron chi connectivity index (χ2n) is 3.81. The van der Waals surface area contributed by atoms with Crippen molar-refractivity contribution in [3.63, 3.8) is 0 Å². The molecule has 0 spiro atoms. The average molecular weight is 251 g/mol. The Kier molecular flexibility index (Phi) is 4.42. The molecule has 1 unspecified atom stereocenters. The first-order chi connectivity index (χ1) is 8.48. The number of hydrogen-bond acceptors (Lipinski definition) is 4. The molecular weight excluding hydrogens is 238 g/mol. The van der Waals surface area contributed by atoms with E-state index in [-0.39, 0.29) is 12.9 Å². The molecule has 0 saturated heterocycles. The van der Waals surface area contributed by atoms with Crippen LogP contribution < -0.4 is 5.32 Å². The Morgan fingerprint density at radius 2 is 2.00 bits per heavy atom. The number of aliphatic carboxylic acids is 1. The molecule has 0 fully saturated rings. The van der Waals surface area contributed by atoms with Crippen LogP contribution in [0, 0.1) is 0 Å². The summed E-state index contributed by atoms with van der Waals surface area (Å²) in [7, 11) is 0. The van der Waals surface area contributed by atoms with E-state index in [9.17, 15) is 14.4 Å². The minimum absolute atomic E-state index is 0.00122. The van der Waals surface area contributed by atoms with Gasteiger partial charge in [0.2, 0.25) is 0 Å². The molecule has 2 N–H and O–H groups in total. The normalized spacial score (nSPS) is 13.2. The molecule has 6 heteroatoms. The van der Waals surface area contributed by atoms with Crippen molar-refractivity contribution in [2.75, 3.05) is 0 Å². The first-order valence-electron chi connectivity index (χ1n) is 5.16. The van der Waals surface area contributed by atoms with E-state index in [0.29, 0.717) is 0 Å². The fourth-order valence-corrected chi connectivity index (χ4v) is 1.10. The summed E-state index contributed by atoms with van der Waals surface area (Å²) in [4.78, 5) is 32.7. The van der Waals surface area contributed by atoms with E-state index < -0.39 is 17.6 Å². The van der Waals surface area contributed by atoms with E-state index in [4.69, 9.17) is 9.84 Å². The second-order valence-corrected chi connectivity index (χ2v) is 3.81. The molecule has 96 valence electrons. The van der Waals surface area contributed by atoms with Crippen molar-refractivity contribution in [1.29, 1.82) is 0 Å². The average Bonchev–Trinajstić information content (AvgIpc) is 2.37. The van der Waals surface area contributed by atoms with Gasteiger partial charge in [-0.15, -0.1) is 0 Å². The first-order valence-corrected chi connectivity index (χ1v) is 5.16. The van der Waals surface area contributed by atoms with Crippen molar-refractivity contribution in [2.24, 2.45) is 0 Å². The number of aldehydes is 1. The summed E-state index contributed by atoms with van der Waals surface area (Å²) in [6, 6.07) is 8.89. The molecule has 0 radical (unpaired) electrons. The lowest BCUT2D eigenvalue weighted by Gasteiger charge is -2.18. The van der Waals surface area contributed by atoms with Crippen molar-refractivity contribution >= 4 is 18.3 Å². The van der Waals surface area contributed by atoms with Crippen molar-refractivity contribution in [1.82, 2.24) is 5.32 Å². The highest BCUT2D eigenvalue weighted by Crippen LogP contribution is 2.03. The minimum Gasteiger partial charge on any atom is -0.479 e. The SMILES string of the molecule is CC(C=O)(NC(=O)OCc1ccccc1)C(=O)O. The lowest BCUT2D eigenvalue weighted by Crippen LogP contribution is -2.53. The first kappa shape index (κ1) is 13.7. The van der Waals surface area contributed by atoms with Crippen molar-refractivity contribution in [3.8, 4) is 0 Å². The predicted molar refractivity (Wildman–Crippen MR) is 61.9 cm³/mol. The third kappa shape index (κ3) is 3.58. The highest BCUT2D eigenvalue weighted by Gasteiger charge is 2.35. The maximum absolute atomic E-state index is 11.3. The van der Waals surface area contributed by atoms with E-state index in [2.05, 4.69) is 0 Å². The fraction of sp³-hybridized carbons (Fsp3) is 0.250. The van der Waals surface area contributed by atoms with Crippen molar-refractivity contribution in [2.45, 2.75) is 19.1 Å². The number of amides is 1. The molecule has 6 nitrogen and oxygen atoms in total. The minimum atomic E-state index is -1.98. The lowest BCUT2D eigenvalue weighted by molar-refractivity contribution is -0.145. The van der Waals surface area contributed by atoms with Gasteiger partial charge in [-0.25, -0.2) is 9.59 Å². The molecule has 0 saturated carbocycles. The molecule has 1 amide bonds. The summed E-state index contributed by atoms with van der Waals surface area (Å²) in [5, 5.41) is 10.7. The maximum atomic E-state index is 11.3. The number of ether oxygens (including phenoxy) is 1. The van der Waals surface area contributed by atoms with E-state index in [1.54, 1.807) is 24.3 Å². The van der Waals surface area contributed by atoms with Crippen LogP contribution in [-0.4, -0.2) is 29.0 Å². The fourth-order valence-electron chi connectivity index (χ4n) is 1.10. The van der Waals surface area contributed by atoms with Crippen LogP contribution in [0.25, 0.3) is 0 Å². The summed E-state index contributed by atoms with van der Waals surface area (Å²) in [6.07, 6.45) is -0.824. The Hall–Kier alpha value is -2.37. The topological polar surface area (TPSA) is 92.7 Å². The van der Waals surface area contributed by atoms with Crippen molar-refractivity contribution in [3.05, 3.63) is 35.9 Å². The van der Waals surface area contributed by atoms with Gasteiger partial charge in [0.15, 0.2) is 11.8 Å². The van der Waals surface area contributed by atoms with Gasteiger partial charge in [-0.1, -0.05) is 30.3 Å². The molecule has 0 aliphatic carbocycles. The molecule has 0 heterocycles. The zero-order valence-corrected chi connectivity index (χ0v) is 9.75. The molecule has 0 aromatic heterocycles. The Morgan fingerprint density at radius 3 is 2.50 bits per heavy atom. The number of alkyl carbamates (subject to hydrolysis) is 1. The quantitative estimate of drug-likeness (QED) is 0.600. The summed E-state index contributed by atoms with van der Waals surface area (Å²) >= 11 is 0. The number of carboxylic acid groups (broad SMARTS) is 1. The summed E-state index contributed by atoms with van der Waals surface area (Å²) < 4.78 is 4.80. The molecular formula is C12H13NO5. The Labute approximate surface area is 104 Å².